The van der Waals surface area contributed by atoms with Crippen LogP contribution in [0.1, 0.15) is 39.4 Å². The van der Waals surface area contributed by atoms with Gasteiger partial charge in [-0.1, -0.05) is 11.2 Å². The lowest BCUT2D eigenvalue weighted by molar-refractivity contribution is -0.121. The van der Waals surface area contributed by atoms with E-state index in [2.05, 4.69) is 10.5 Å². The molecule has 0 radical (unpaired) electrons. The van der Waals surface area contributed by atoms with E-state index < -0.39 is 5.97 Å². The molecule has 1 aromatic carbocycles. The number of benzene rings is 1. The van der Waals surface area contributed by atoms with Crippen LogP contribution in [0.3, 0.4) is 0 Å². The van der Waals surface area contributed by atoms with E-state index in [0.29, 0.717) is 18.4 Å². The van der Waals surface area contributed by atoms with Gasteiger partial charge in [0.05, 0.1) is 12.8 Å². The van der Waals surface area contributed by atoms with Crippen LogP contribution in [0.25, 0.3) is 0 Å². The van der Waals surface area contributed by atoms with E-state index in [0.717, 1.165) is 17.0 Å². The molecule has 2 N–H and O–H groups in total. The average Bonchev–Trinajstić information content (AvgIpc) is 2.89. The summed E-state index contributed by atoms with van der Waals surface area (Å²) in [5.41, 5.74) is 2.50. The van der Waals surface area contributed by atoms with Gasteiger partial charge in [0.1, 0.15) is 17.1 Å². The van der Waals surface area contributed by atoms with Crippen molar-refractivity contribution in [1.29, 1.82) is 0 Å². The third-order valence-corrected chi connectivity index (χ3v) is 3.77. The number of amides is 1. The van der Waals surface area contributed by atoms with Crippen molar-refractivity contribution in [3.8, 4) is 5.75 Å². The van der Waals surface area contributed by atoms with Crippen molar-refractivity contribution in [2.24, 2.45) is 0 Å². The molecule has 0 aliphatic heterocycles. The van der Waals surface area contributed by atoms with Gasteiger partial charge >= 0.3 is 5.97 Å². The maximum Gasteiger partial charge on any atom is 0.339 e. The number of methoxy groups -OCH3 is 1. The van der Waals surface area contributed by atoms with Gasteiger partial charge in [-0.25, -0.2) is 4.79 Å². The minimum Gasteiger partial charge on any atom is -0.496 e. The summed E-state index contributed by atoms with van der Waals surface area (Å²) in [5.74, 6) is -0.182. The normalized spacial score (nSPS) is 10.5. The lowest BCUT2D eigenvalue weighted by atomic mass is 10.1. The molecule has 0 aliphatic carbocycles. The van der Waals surface area contributed by atoms with Gasteiger partial charge in [-0.15, -0.1) is 0 Å². The van der Waals surface area contributed by atoms with Crippen molar-refractivity contribution in [1.82, 2.24) is 10.5 Å². The smallest absolute Gasteiger partial charge is 0.339 e. The van der Waals surface area contributed by atoms with Gasteiger partial charge in [-0.3, -0.25) is 4.79 Å². The zero-order valence-corrected chi connectivity index (χ0v) is 13.9. The average molecular weight is 332 g/mol. The Labute approximate surface area is 139 Å². The second kappa shape index (κ2) is 7.63. The molecule has 0 saturated carbocycles. The van der Waals surface area contributed by atoms with Gasteiger partial charge in [0.15, 0.2) is 0 Å². The number of carbonyl (C=O) groups excluding carboxylic acids is 1. The standard InChI is InChI=1S/C17H20N2O5/c1-10-13(11(2)24-19-10)5-7-16(20)18-9-12-4-6-15(23-3)14(8-12)17(21)22/h4,6,8H,5,7,9H2,1-3H3,(H,18,20)(H,21,22). The first kappa shape index (κ1) is 17.5. The summed E-state index contributed by atoms with van der Waals surface area (Å²) < 4.78 is 10.1. The zero-order chi connectivity index (χ0) is 17.7. The number of nitrogens with zero attached hydrogens (tertiary/aromatic N) is 1. The molecule has 1 amide bonds. The maximum atomic E-state index is 12.0. The number of hydrogen-bond donors (Lipinski definition) is 2. The summed E-state index contributed by atoms with van der Waals surface area (Å²) >= 11 is 0. The first-order valence-corrected chi connectivity index (χ1v) is 7.51. The lowest BCUT2D eigenvalue weighted by Gasteiger charge is -2.09. The van der Waals surface area contributed by atoms with Crippen molar-refractivity contribution < 1.29 is 24.0 Å². The zero-order valence-electron chi connectivity index (χ0n) is 13.9. The highest BCUT2D eigenvalue weighted by atomic mass is 16.5. The van der Waals surface area contributed by atoms with Crippen molar-refractivity contribution in [3.63, 3.8) is 0 Å². The number of hydrogen-bond acceptors (Lipinski definition) is 5. The van der Waals surface area contributed by atoms with Crippen molar-refractivity contribution in [2.45, 2.75) is 33.2 Å². The summed E-state index contributed by atoms with van der Waals surface area (Å²) in [7, 11) is 1.41. The third kappa shape index (κ3) is 4.13. The number of carboxylic acids is 1. The predicted molar refractivity (Wildman–Crippen MR) is 86.1 cm³/mol. The van der Waals surface area contributed by atoms with E-state index in [1.165, 1.54) is 13.2 Å². The lowest BCUT2D eigenvalue weighted by Crippen LogP contribution is -2.23. The Morgan fingerprint density at radius 2 is 2.08 bits per heavy atom. The summed E-state index contributed by atoms with van der Waals surface area (Å²) in [5, 5.41) is 15.8. The highest BCUT2D eigenvalue weighted by Crippen LogP contribution is 2.20. The molecule has 0 saturated heterocycles. The maximum absolute atomic E-state index is 12.0. The van der Waals surface area contributed by atoms with Crippen LogP contribution in [-0.4, -0.2) is 29.2 Å². The summed E-state index contributed by atoms with van der Waals surface area (Å²) in [6.45, 7) is 3.91. The summed E-state index contributed by atoms with van der Waals surface area (Å²) in [6.07, 6.45) is 0.862. The number of ether oxygens (including phenoxy) is 1. The Balaban J connectivity index is 1.92. The quantitative estimate of drug-likeness (QED) is 0.806. The Kier molecular flexibility index (Phi) is 5.57. The molecule has 7 nitrogen and oxygen atoms in total. The number of rotatable bonds is 7. The van der Waals surface area contributed by atoms with Crippen LogP contribution in [0, 0.1) is 13.8 Å². The molecule has 1 aromatic heterocycles. The predicted octanol–water partition coefficient (Wildman–Crippen LogP) is 2.25. The molecule has 1 heterocycles. The molecule has 0 atom stereocenters. The van der Waals surface area contributed by atoms with E-state index in [9.17, 15) is 9.59 Å². The highest BCUT2D eigenvalue weighted by Gasteiger charge is 2.13. The van der Waals surface area contributed by atoms with Crippen molar-refractivity contribution in [2.75, 3.05) is 7.11 Å². The second-order valence-electron chi connectivity index (χ2n) is 5.42. The minimum atomic E-state index is -1.07. The second-order valence-corrected chi connectivity index (χ2v) is 5.42. The third-order valence-electron chi connectivity index (χ3n) is 3.77. The SMILES string of the molecule is COc1ccc(CNC(=O)CCc2c(C)noc2C)cc1C(=O)O. The first-order chi connectivity index (χ1) is 11.4. The molecular formula is C17H20N2O5. The number of carbonyl (C=O) groups is 2. The van der Waals surface area contributed by atoms with Crippen LogP contribution in [-0.2, 0) is 17.8 Å². The van der Waals surface area contributed by atoms with Gasteiger partial charge in [0.2, 0.25) is 5.91 Å². The van der Waals surface area contributed by atoms with Crippen LogP contribution in [0.4, 0.5) is 0 Å². The monoisotopic (exact) mass is 332 g/mol. The molecule has 128 valence electrons. The number of aromatic carboxylic acids is 1. The van der Waals surface area contributed by atoms with Gasteiger partial charge in [-0.2, -0.15) is 0 Å². The van der Waals surface area contributed by atoms with Crippen molar-refractivity contribution >= 4 is 11.9 Å². The van der Waals surface area contributed by atoms with Crippen LogP contribution >= 0.6 is 0 Å². The number of aryl methyl sites for hydroxylation is 2. The van der Waals surface area contributed by atoms with Gasteiger partial charge in [0, 0.05) is 18.5 Å². The molecule has 2 rings (SSSR count). The van der Waals surface area contributed by atoms with Gasteiger partial charge in [-0.05, 0) is 38.0 Å². The van der Waals surface area contributed by atoms with E-state index in [1.54, 1.807) is 12.1 Å². The fourth-order valence-corrected chi connectivity index (χ4v) is 2.42. The Bertz CT molecular complexity index is 732. The highest BCUT2D eigenvalue weighted by molar-refractivity contribution is 5.91. The van der Waals surface area contributed by atoms with E-state index in [4.69, 9.17) is 14.4 Å². The molecule has 2 aromatic rings. The molecule has 0 spiro atoms. The van der Waals surface area contributed by atoms with Crippen molar-refractivity contribution in [3.05, 3.63) is 46.3 Å². The fraction of sp³-hybridized carbons (Fsp3) is 0.353. The van der Waals surface area contributed by atoms with Crippen LogP contribution in [0.5, 0.6) is 5.75 Å². The van der Waals surface area contributed by atoms with E-state index in [1.807, 2.05) is 13.8 Å². The topological polar surface area (TPSA) is 102 Å². The van der Waals surface area contributed by atoms with E-state index >= 15 is 0 Å². The van der Waals surface area contributed by atoms with Gasteiger partial charge in [0.25, 0.3) is 0 Å². The van der Waals surface area contributed by atoms with Crippen LogP contribution < -0.4 is 10.1 Å². The molecule has 0 fully saturated rings. The fourth-order valence-electron chi connectivity index (χ4n) is 2.42. The first-order valence-electron chi connectivity index (χ1n) is 7.51. The van der Waals surface area contributed by atoms with Crippen LogP contribution in [0.2, 0.25) is 0 Å². The summed E-state index contributed by atoms with van der Waals surface area (Å²) in [6, 6.07) is 4.80. The van der Waals surface area contributed by atoms with Gasteiger partial charge < -0.3 is 19.7 Å². The molecular weight excluding hydrogens is 312 g/mol. The number of aromatic nitrogens is 1. The molecule has 24 heavy (non-hydrogen) atoms. The Morgan fingerprint density at radius 3 is 2.67 bits per heavy atom. The Morgan fingerprint density at radius 1 is 1.33 bits per heavy atom. The largest absolute Gasteiger partial charge is 0.496 e. The molecule has 0 aliphatic rings. The molecule has 0 bridgehead atoms. The molecule has 0 unspecified atom stereocenters. The molecule has 7 heteroatoms. The minimum absolute atomic E-state index is 0.0694. The number of nitrogens with one attached hydrogen (secondary N) is 1. The van der Waals surface area contributed by atoms with E-state index in [-0.39, 0.29) is 23.8 Å². The van der Waals surface area contributed by atoms with Crippen LogP contribution in [0.15, 0.2) is 22.7 Å². The number of carboxylic acid groups (broad SMARTS) is 1. The Hall–Kier alpha value is -2.83. The summed E-state index contributed by atoms with van der Waals surface area (Å²) in [4.78, 5) is 23.2.